The van der Waals surface area contributed by atoms with Gasteiger partial charge in [0.25, 0.3) is 0 Å². The zero-order chi connectivity index (χ0) is 14.6. The maximum Gasteiger partial charge on any atom is 0.159 e. The molecule has 0 aliphatic rings. The Hall–Kier alpha value is -1.10. The number of methoxy groups -OCH3 is 3. The summed E-state index contributed by atoms with van der Waals surface area (Å²) in [5.74, 6) is 0.688. The molecule has 108 valence electrons. The Kier molecular flexibility index (Phi) is 5.35. The summed E-state index contributed by atoms with van der Waals surface area (Å²) in [7, 11) is 4.73. The lowest BCUT2D eigenvalue weighted by Crippen LogP contribution is -2.31. The number of aliphatic hydroxyl groups is 1. The Morgan fingerprint density at radius 1 is 1.16 bits per heavy atom. The summed E-state index contributed by atoms with van der Waals surface area (Å²) in [4.78, 5) is 0. The van der Waals surface area contributed by atoms with Crippen molar-refractivity contribution in [2.45, 2.75) is 39.1 Å². The highest BCUT2D eigenvalue weighted by atomic mass is 16.7. The number of hydrogen-bond donors (Lipinski definition) is 1. The summed E-state index contributed by atoms with van der Waals surface area (Å²) in [5, 5.41) is 10.8. The van der Waals surface area contributed by atoms with E-state index in [0.29, 0.717) is 12.2 Å². The molecule has 1 rings (SSSR count). The number of aryl methyl sites for hydroxylation is 2. The lowest BCUT2D eigenvalue weighted by Gasteiger charge is -2.30. The van der Waals surface area contributed by atoms with Gasteiger partial charge in [0.2, 0.25) is 0 Å². The van der Waals surface area contributed by atoms with Crippen LogP contribution in [0.4, 0.5) is 0 Å². The van der Waals surface area contributed by atoms with Gasteiger partial charge >= 0.3 is 0 Å². The van der Waals surface area contributed by atoms with E-state index < -0.39 is 11.9 Å². The second kappa shape index (κ2) is 6.37. The molecular weight excluding hydrogens is 244 g/mol. The molecule has 0 aliphatic carbocycles. The van der Waals surface area contributed by atoms with Gasteiger partial charge < -0.3 is 19.3 Å². The van der Waals surface area contributed by atoms with Gasteiger partial charge in [0.05, 0.1) is 12.7 Å². The van der Waals surface area contributed by atoms with Crippen LogP contribution < -0.4 is 4.74 Å². The van der Waals surface area contributed by atoms with Crippen LogP contribution in [-0.4, -0.2) is 32.7 Å². The van der Waals surface area contributed by atoms with Crippen molar-refractivity contribution in [2.24, 2.45) is 0 Å². The molecule has 1 unspecified atom stereocenters. The molecule has 1 atom stereocenters. The molecule has 0 saturated carbocycles. The van der Waals surface area contributed by atoms with Crippen LogP contribution >= 0.6 is 0 Å². The van der Waals surface area contributed by atoms with E-state index >= 15 is 0 Å². The minimum absolute atomic E-state index is 0.334. The van der Waals surface area contributed by atoms with E-state index in [9.17, 15) is 5.11 Å². The third-order valence-corrected chi connectivity index (χ3v) is 3.29. The van der Waals surface area contributed by atoms with E-state index in [-0.39, 0.29) is 0 Å². The van der Waals surface area contributed by atoms with E-state index in [0.717, 1.165) is 16.7 Å². The smallest absolute Gasteiger partial charge is 0.159 e. The highest BCUT2D eigenvalue weighted by Crippen LogP contribution is 2.37. The first-order valence-corrected chi connectivity index (χ1v) is 6.29. The minimum atomic E-state index is -1.08. The summed E-state index contributed by atoms with van der Waals surface area (Å²) in [6, 6.07) is 3.95. The Balaban J connectivity index is 3.19. The van der Waals surface area contributed by atoms with Crippen molar-refractivity contribution < 1.29 is 19.3 Å². The largest absolute Gasteiger partial charge is 0.496 e. The van der Waals surface area contributed by atoms with E-state index in [2.05, 4.69) is 0 Å². The molecule has 1 aromatic rings. The number of rotatable bonds is 6. The highest BCUT2D eigenvalue weighted by molar-refractivity contribution is 5.46. The second-order valence-electron chi connectivity index (χ2n) is 5.04. The van der Waals surface area contributed by atoms with Crippen molar-refractivity contribution >= 4 is 0 Å². The van der Waals surface area contributed by atoms with Gasteiger partial charge in [-0.15, -0.1) is 0 Å². The van der Waals surface area contributed by atoms with Crippen molar-refractivity contribution in [3.63, 3.8) is 0 Å². The molecule has 19 heavy (non-hydrogen) atoms. The Morgan fingerprint density at radius 3 is 2.21 bits per heavy atom. The quantitative estimate of drug-likeness (QED) is 0.805. The summed E-state index contributed by atoms with van der Waals surface area (Å²) in [6.07, 6.45) is -0.124. The van der Waals surface area contributed by atoms with Crippen LogP contribution in [0.5, 0.6) is 5.75 Å². The van der Waals surface area contributed by atoms with Crippen LogP contribution in [-0.2, 0) is 15.1 Å². The predicted molar refractivity (Wildman–Crippen MR) is 74.5 cm³/mol. The molecule has 0 aromatic heterocycles. The zero-order valence-corrected chi connectivity index (χ0v) is 12.6. The van der Waals surface area contributed by atoms with Gasteiger partial charge in [0.1, 0.15) is 5.75 Å². The van der Waals surface area contributed by atoms with E-state index in [4.69, 9.17) is 14.2 Å². The summed E-state index contributed by atoms with van der Waals surface area (Å²) >= 11 is 0. The molecule has 0 spiro atoms. The van der Waals surface area contributed by atoms with Crippen molar-refractivity contribution in [2.75, 3.05) is 21.3 Å². The van der Waals surface area contributed by atoms with Crippen LogP contribution in [0, 0.1) is 13.8 Å². The molecule has 0 heterocycles. The Bertz CT molecular complexity index is 422. The van der Waals surface area contributed by atoms with Crippen LogP contribution in [0.15, 0.2) is 12.1 Å². The SMILES string of the molecule is COc1cc(C)cc(C)c1C(C)(O)CC(OC)OC. The van der Waals surface area contributed by atoms with E-state index in [1.165, 1.54) is 0 Å². The average Bonchev–Trinajstić information content (AvgIpc) is 2.34. The average molecular weight is 268 g/mol. The summed E-state index contributed by atoms with van der Waals surface area (Å²) < 4.78 is 15.7. The molecule has 0 aliphatic heterocycles. The zero-order valence-electron chi connectivity index (χ0n) is 12.6. The van der Waals surface area contributed by atoms with Gasteiger partial charge in [0.15, 0.2) is 6.29 Å². The molecule has 0 amide bonds. The molecular formula is C15H24O4. The molecule has 4 nitrogen and oxygen atoms in total. The first-order chi connectivity index (χ1) is 8.85. The molecule has 4 heteroatoms. The fourth-order valence-corrected chi connectivity index (χ4v) is 2.47. The maximum absolute atomic E-state index is 10.8. The van der Waals surface area contributed by atoms with Gasteiger partial charge in [-0.05, 0) is 38.0 Å². The van der Waals surface area contributed by atoms with Crippen LogP contribution in [0.2, 0.25) is 0 Å². The molecule has 0 fully saturated rings. The highest BCUT2D eigenvalue weighted by Gasteiger charge is 2.32. The van der Waals surface area contributed by atoms with Crippen molar-refractivity contribution in [1.82, 2.24) is 0 Å². The standard InChI is InChI=1S/C15H24O4/c1-10-7-11(2)14(12(8-10)17-4)15(3,16)9-13(18-5)19-6/h7-8,13,16H,9H2,1-6H3. The Labute approximate surface area is 115 Å². The van der Waals surface area contributed by atoms with E-state index in [1.54, 1.807) is 28.3 Å². The van der Waals surface area contributed by atoms with Crippen molar-refractivity contribution in [3.8, 4) is 5.75 Å². The van der Waals surface area contributed by atoms with Crippen molar-refractivity contribution in [3.05, 3.63) is 28.8 Å². The molecule has 1 aromatic carbocycles. The fourth-order valence-electron chi connectivity index (χ4n) is 2.47. The summed E-state index contributed by atoms with van der Waals surface area (Å²) in [6.45, 7) is 5.72. The molecule has 1 N–H and O–H groups in total. The molecule has 0 saturated heterocycles. The monoisotopic (exact) mass is 268 g/mol. The fraction of sp³-hybridized carbons (Fsp3) is 0.600. The predicted octanol–water partition coefficient (Wildman–Crippen LogP) is 2.53. The topological polar surface area (TPSA) is 47.9 Å². The third-order valence-electron chi connectivity index (χ3n) is 3.29. The number of ether oxygens (including phenoxy) is 3. The van der Waals surface area contributed by atoms with Gasteiger partial charge in [-0.1, -0.05) is 6.07 Å². The van der Waals surface area contributed by atoms with Gasteiger partial charge in [-0.3, -0.25) is 0 Å². The lowest BCUT2D eigenvalue weighted by atomic mass is 9.87. The van der Waals surface area contributed by atoms with Crippen LogP contribution in [0.1, 0.15) is 30.0 Å². The van der Waals surface area contributed by atoms with E-state index in [1.807, 2.05) is 26.0 Å². The maximum atomic E-state index is 10.8. The normalized spacial score (nSPS) is 14.5. The Morgan fingerprint density at radius 2 is 1.74 bits per heavy atom. The molecule has 0 bridgehead atoms. The van der Waals surface area contributed by atoms with Gasteiger partial charge in [-0.25, -0.2) is 0 Å². The first kappa shape index (κ1) is 16.0. The minimum Gasteiger partial charge on any atom is -0.496 e. The van der Waals surface area contributed by atoms with Crippen LogP contribution in [0.3, 0.4) is 0 Å². The van der Waals surface area contributed by atoms with Gasteiger partial charge in [0, 0.05) is 26.2 Å². The second-order valence-corrected chi connectivity index (χ2v) is 5.04. The first-order valence-electron chi connectivity index (χ1n) is 6.29. The van der Waals surface area contributed by atoms with Crippen molar-refractivity contribution in [1.29, 1.82) is 0 Å². The van der Waals surface area contributed by atoms with Gasteiger partial charge in [-0.2, -0.15) is 0 Å². The third kappa shape index (κ3) is 3.69. The number of hydrogen-bond acceptors (Lipinski definition) is 4. The summed E-state index contributed by atoms with van der Waals surface area (Å²) in [5.41, 5.74) is 1.79. The van der Waals surface area contributed by atoms with Crippen LogP contribution in [0.25, 0.3) is 0 Å². The lowest BCUT2D eigenvalue weighted by molar-refractivity contribution is -0.142. The number of benzene rings is 1. The molecule has 0 radical (unpaired) electrons.